The Kier molecular flexibility index (Phi) is 4.18. The minimum absolute atomic E-state index is 0.108. The van der Waals surface area contributed by atoms with E-state index in [0.717, 1.165) is 29.2 Å². The van der Waals surface area contributed by atoms with Gasteiger partial charge in [-0.15, -0.1) is 0 Å². The lowest BCUT2D eigenvalue weighted by Gasteiger charge is -2.29. The predicted octanol–water partition coefficient (Wildman–Crippen LogP) is 2.63. The smallest absolute Gasteiger partial charge is 0.129 e. The molecule has 0 aromatic heterocycles. The number of hydrogen-bond acceptors (Lipinski definition) is 4. The molecule has 0 amide bonds. The van der Waals surface area contributed by atoms with Crippen molar-refractivity contribution in [3.63, 3.8) is 0 Å². The van der Waals surface area contributed by atoms with Gasteiger partial charge in [-0.3, -0.25) is 0 Å². The number of rotatable bonds is 4. The molecule has 1 heterocycles. The Labute approximate surface area is 106 Å². The number of thioether (sulfide) groups is 1. The van der Waals surface area contributed by atoms with E-state index >= 15 is 0 Å². The van der Waals surface area contributed by atoms with Crippen molar-refractivity contribution in [1.29, 1.82) is 0 Å². The molecule has 1 N–H and O–H groups in total. The molecular formula is C13H18O3S. The zero-order valence-corrected chi connectivity index (χ0v) is 11.0. The molecule has 2 atom stereocenters. The van der Waals surface area contributed by atoms with Gasteiger partial charge >= 0.3 is 0 Å². The second-order valence-corrected chi connectivity index (χ2v) is 5.16. The average Bonchev–Trinajstić information content (AvgIpc) is 2.35. The van der Waals surface area contributed by atoms with Crippen LogP contribution in [0.15, 0.2) is 18.2 Å². The van der Waals surface area contributed by atoms with Crippen molar-refractivity contribution in [2.45, 2.75) is 25.0 Å². The predicted molar refractivity (Wildman–Crippen MR) is 70.0 cm³/mol. The number of fused-ring (bicyclic) bond motifs is 1. The molecule has 0 saturated carbocycles. The Morgan fingerprint density at radius 3 is 3.06 bits per heavy atom. The number of benzene rings is 1. The quantitative estimate of drug-likeness (QED) is 0.896. The van der Waals surface area contributed by atoms with Crippen LogP contribution >= 0.6 is 11.8 Å². The van der Waals surface area contributed by atoms with Crippen LogP contribution in [0.2, 0.25) is 0 Å². The molecule has 2 rings (SSSR count). The first-order valence-corrected chi connectivity index (χ1v) is 7.15. The molecule has 1 aliphatic rings. The fourth-order valence-electron chi connectivity index (χ4n) is 2.05. The van der Waals surface area contributed by atoms with Gasteiger partial charge in [-0.2, -0.15) is 11.8 Å². The molecule has 0 aliphatic carbocycles. The van der Waals surface area contributed by atoms with Gasteiger partial charge in [-0.1, -0.05) is 0 Å². The summed E-state index contributed by atoms with van der Waals surface area (Å²) in [5.74, 6) is 2.58. The maximum Gasteiger partial charge on any atom is 0.129 e. The molecular weight excluding hydrogens is 236 g/mol. The average molecular weight is 254 g/mol. The summed E-state index contributed by atoms with van der Waals surface area (Å²) in [5.41, 5.74) is 0.867. The van der Waals surface area contributed by atoms with E-state index in [2.05, 4.69) is 6.26 Å². The highest BCUT2D eigenvalue weighted by molar-refractivity contribution is 7.98. The molecule has 0 spiro atoms. The lowest BCUT2D eigenvalue weighted by molar-refractivity contribution is 0.0646. The summed E-state index contributed by atoms with van der Waals surface area (Å²) < 4.78 is 11.1. The SMILES string of the molecule is COc1ccc2c(c1)OC(CCSC)C[C@H]2O. The van der Waals surface area contributed by atoms with Crippen LogP contribution in [-0.2, 0) is 0 Å². The number of aliphatic hydroxyl groups is 1. The molecule has 3 nitrogen and oxygen atoms in total. The van der Waals surface area contributed by atoms with Gasteiger partial charge in [0.25, 0.3) is 0 Å². The van der Waals surface area contributed by atoms with Crippen LogP contribution in [0, 0.1) is 0 Å². The standard InChI is InChI=1S/C13H18O3S/c1-15-9-3-4-11-12(14)7-10(5-6-17-2)16-13(11)8-9/h3-4,8,10,12,14H,5-7H2,1-2H3/t10?,12-/m1/s1. The maximum atomic E-state index is 10.1. The van der Waals surface area contributed by atoms with Gasteiger partial charge in [0.15, 0.2) is 0 Å². The van der Waals surface area contributed by atoms with Crippen molar-refractivity contribution in [2.75, 3.05) is 19.1 Å². The van der Waals surface area contributed by atoms with E-state index in [4.69, 9.17) is 9.47 Å². The van der Waals surface area contributed by atoms with Crippen LogP contribution in [0.5, 0.6) is 11.5 Å². The Bertz CT molecular complexity index is 381. The molecule has 17 heavy (non-hydrogen) atoms. The van der Waals surface area contributed by atoms with Gasteiger partial charge in [0, 0.05) is 18.1 Å². The van der Waals surface area contributed by atoms with Gasteiger partial charge in [-0.05, 0) is 30.6 Å². The van der Waals surface area contributed by atoms with Gasteiger partial charge in [0.1, 0.15) is 17.6 Å². The second kappa shape index (κ2) is 5.65. The third-order valence-electron chi connectivity index (χ3n) is 3.00. The first-order chi connectivity index (χ1) is 8.24. The molecule has 1 aromatic rings. The maximum absolute atomic E-state index is 10.1. The fourth-order valence-corrected chi connectivity index (χ4v) is 2.55. The fraction of sp³-hybridized carbons (Fsp3) is 0.538. The van der Waals surface area contributed by atoms with E-state index in [-0.39, 0.29) is 6.10 Å². The molecule has 1 unspecified atom stereocenters. The van der Waals surface area contributed by atoms with Crippen LogP contribution in [0.3, 0.4) is 0 Å². The monoisotopic (exact) mass is 254 g/mol. The van der Waals surface area contributed by atoms with Gasteiger partial charge in [0.05, 0.1) is 13.2 Å². The molecule has 0 bridgehead atoms. The summed E-state index contributed by atoms with van der Waals surface area (Å²) >= 11 is 1.80. The van der Waals surface area contributed by atoms with E-state index < -0.39 is 6.10 Å². The number of ether oxygens (including phenoxy) is 2. The minimum atomic E-state index is -0.420. The normalized spacial score (nSPS) is 22.8. The van der Waals surface area contributed by atoms with E-state index in [0.29, 0.717) is 6.42 Å². The summed E-state index contributed by atoms with van der Waals surface area (Å²) in [5, 5.41) is 10.1. The Morgan fingerprint density at radius 2 is 2.35 bits per heavy atom. The summed E-state index contributed by atoms with van der Waals surface area (Å²) in [6.45, 7) is 0. The van der Waals surface area contributed by atoms with Crippen molar-refractivity contribution in [3.8, 4) is 11.5 Å². The highest BCUT2D eigenvalue weighted by Gasteiger charge is 2.26. The van der Waals surface area contributed by atoms with Crippen LogP contribution < -0.4 is 9.47 Å². The summed E-state index contributed by atoms with van der Waals surface area (Å²) in [6, 6.07) is 5.58. The van der Waals surface area contributed by atoms with Gasteiger partial charge in [-0.25, -0.2) is 0 Å². The third-order valence-corrected chi connectivity index (χ3v) is 3.65. The molecule has 4 heteroatoms. The van der Waals surface area contributed by atoms with Crippen molar-refractivity contribution >= 4 is 11.8 Å². The lowest BCUT2D eigenvalue weighted by atomic mass is 9.98. The minimum Gasteiger partial charge on any atom is -0.497 e. The van der Waals surface area contributed by atoms with Crippen molar-refractivity contribution in [3.05, 3.63) is 23.8 Å². The highest BCUT2D eigenvalue weighted by atomic mass is 32.2. The van der Waals surface area contributed by atoms with Crippen LogP contribution in [-0.4, -0.2) is 30.3 Å². The van der Waals surface area contributed by atoms with E-state index in [9.17, 15) is 5.11 Å². The summed E-state index contributed by atoms with van der Waals surface area (Å²) in [4.78, 5) is 0. The number of methoxy groups -OCH3 is 1. The van der Waals surface area contributed by atoms with Crippen LogP contribution in [0.1, 0.15) is 24.5 Å². The Hall–Kier alpha value is -0.870. The molecule has 1 aliphatic heterocycles. The zero-order chi connectivity index (χ0) is 12.3. The van der Waals surface area contributed by atoms with Crippen LogP contribution in [0.4, 0.5) is 0 Å². The topological polar surface area (TPSA) is 38.7 Å². The Morgan fingerprint density at radius 1 is 1.53 bits per heavy atom. The van der Waals surface area contributed by atoms with Crippen molar-refractivity contribution < 1.29 is 14.6 Å². The summed E-state index contributed by atoms with van der Waals surface area (Å²) in [7, 11) is 1.63. The Balaban J connectivity index is 2.15. The van der Waals surface area contributed by atoms with E-state index in [1.54, 1.807) is 18.9 Å². The molecule has 1 aromatic carbocycles. The zero-order valence-electron chi connectivity index (χ0n) is 10.2. The largest absolute Gasteiger partial charge is 0.497 e. The first-order valence-electron chi connectivity index (χ1n) is 5.76. The molecule has 94 valence electrons. The highest BCUT2D eigenvalue weighted by Crippen LogP contribution is 2.37. The van der Waals surface area contributed by atoms with Gasteiger partial charge < -0.3 is 14.6 Å². The number of aliphatic hydroxyl groups excluding tert-OH is 1. The van der Waals surface area contributed by atoms with Gasteiger partial charge in [0.2, 0.25) is 0 Å². The van der Waals surface area contributed by atoms with Crippen molar-refractivity contribution in [1.82, 2.24) is 0 Å². The van der Waals surface area contributed by atoms with Crippen molar-refractivity contribution in [2.24, 2.45) is 0 Å². The van der Waals surface area contributed by atoms with E-state index in [1.807, 2.05) is 18.2 Å². The molecule has 0 saturated heterocycles. The van der Waals surface area contributed by atoms with Crippen LogP contribution in [0.25, 0.3) is 0 Å². The molecule has 0 radical (unpaired) electrons. The molecule has 0 fully saturated rings. The third kappa shape index (κ3) is 2.87. The number of hydrogen-bond donors (Lipinski definition) is 1. The lowest BCUT2D eigenvalue weighted by Crippen LogP contribution is -2.26. The summed E-state index contributed by atoms with van der Waals surface area (Å²) in [6.07, 6.45) is 3.42. The van der Waals surface area contributed by atoms with E-state index in [1.165, 1.54) is 0 Å². The second-order valence-electron chi connectivity index (χ2n) is 4.18. The first kappa shape index (κ1) is 12.6.